The Morgan fingerprint density at radius 2 is 1.84 bits per heavy atom. The highest BCUT2D eigenvalue weighted by Gasteiger charge is 2.18. The first-order valence-electron chi connectivity index (χ1n) is 5.85. The van der Waals surface area contributed by atoms with Gasteiger partial charge in [-0.05, 0) is 43.3 Å². The molecular formula is C12H15F2N5. The number of nitrogens with zero attached hydrogens (tertiary/aromatic N) is 4. The Morgan fingerprint density at radius 1 is 1.21 bits per heavy atom. The molecule has 0 radical (unpaired) electrons. The summed E-state index contributed by atoms with van der Waals surface area (Å²) in [4.78, 5) is 0. The molecule has 0 aliphatic heterocycles. The van der Waals surface area contributed by atoms with Gasteiger partial charge in [-0.3, -0.25) is 0 Å². The van der Waals surface area contributed by atoms with Crippen LogP contribution in [0.4, 0.5) is 8.78 Å². The summed E-state index contributed by atoms with van der Waals surface area (Å²) in [6.07, 6.45) is 0. The van der Waals surface area contributed by atoms with Gasteiger partial charge < -0.3 is 5.32 Å². The Bertz CT molecular complexity index is 553. The summed E-state index contributed by atoms with van der Waals surface area (Å²) in [5, 5.41) is 14.1. The fourth-order valence-electron chi connectivity index (χ4n) is 1.53. The van der Waals surface area contributed by atoms with Gasteiger partial charge in [0, 0.05) is 5.54 Å². The lowest BCUT2D eigenvalue weighted by Crippen LogP contribution is -2.36. The zero-order chi connectivity index (χ0) is 14.0. The Morgan fingerprint density at radius 3 is 2.42 bits per heavy atom. The summed E-state index contributed by atoms with van der Waals surface area (Å²) in [5.74, 6) is -1.06. The lowest BCUT2D eigenvalue weighted by molar-refractivity contribution is 0.413. The number of tetrazole rings is 1. The van der Waals surface area contributed by atoms with Crippen molar-refractivity contribution in [3.05, 3.63) is 35.7 Å². The van der Waals surface area contributed by atoms with E-state index in [1.807, 2.05) is 20.8 Å². The summed E-state index contributed by atoms with van der Waals surface area (Å²) < 4.78 is 28.5. The molecule has 0 aliphatic rings. The van der Waals surface area contributed by atoms with E-state index in [0.29, 0.717) is 12.4 Å². The van der Waals surface area contributed by atoms with Crippen molar-refractivity contribution in [3.8, 4) is 5.69 Å². The standard InChI is InChI=1S/C12H15F2N5/c1-12(2,3)15-7-10-16-17-18-19(10)11-8(13)5-4-6-9(11)14/h4-6,15H,7H2,1-3H3. The molecule has 2 aromatic rings. The topological polar surface area (TPSA) is 55.6 Å². The monoisotopic (exact) mass is 267 g/mol. The van der Waals surface area contributed by atoms with Gasteiger partial charge in [0.15, 0.2) is 17.5 Å². The van der Waals surface area contributed by atoms with E-state index in [0.717, 1.165) is 4.68 Å². The number of para-hydroxylation sites is 1. The first-order chi connectivity index (χ1) is 8.88. The molecule has 19 heavy (non-hydrogen) atoms. The predicted octanol–water partition coefficient (Wildman–Crippen LogP) is 1.83. The summed E-state index contributed by atoms with van der Waals surface area (Å²) in [6, 6.07) is 3.63. The normalized spacial score (nSPS) is 11.8. The zero-order valence-electron chi connectivity index (χ0n) is 11.0. The molecule has 0 unspecified atom stereocenters. The highest BCUT2D eigenvalue weighted by molar-refractivity contribution is 5.34. The highest BCUT2D eigenvalue weighted by Crippen LogP contribution is 2.17. The molecule has 0 amide bonds. The third-order valence-corrected chi connectivity index (χ3v) is 2.46. The average molecular weight is 267 g/mol. The van der Waals surface area contributed by atoms with Crippen LogP contribution < -0.4 is 5.32 Å². The minimum absolute atomic E-state index is 0.148. The van der Waals surface area contributed by atoms with Gasteiger partial charge in [-0.25, -0.2) is 8.78 Å². The van der Waals surface area contributed by atoms with Crippen molar-refractivity contribution >= 4 is 0 Å². The third kappa shape index (κ3) is 3.11. The Kier molecular flexibility index (Phi) is 3.57. The molecule has 1 N–H and O–H groups in total. The van der Waals surface area contributed by atoms with Crippen LogP contribution in [0.5, 0.6) is 0 Å². The smallest absolute Gasteiger partial charge is 0.170 e. The van der Waals surface area contributed by atoms with Crippen molar-refractivity contribution in [2.75, 3.05) is 0 Å². The van der Waals surface area contributed by atoms with Crippen LogP contribution in [0.1, 0.15) is 26.6 Å². The van der Waals surface area contributed by atoms with E-state index in [2.05, 4.69) is 20.8 Å². The molecule has 0 saturated heterocycles. The Balaban J connectivity index is 2.34. The fraction of sp³-hybridized carbons (Fsp3) is 0.417. The molecule has 102 valence electrons. The van der Waals surface area contributed by atoms with Crippen molar-refractivity contribution in [3.63, 3.8) is 0 Å². The maximum atomic E-state index is 13.7. The van der Waals surface area contributed by atoms with Gasteiger partial charge in [0.05, 0.1) is 6.54 Å². The molecule has 0 fully saturated rings. The third-order valence-electron chi connectivity index (χ3n) is 2.46. The lowest BCUT2D eigenvalue weighted by atomic mass is 10.1. The van der Waals surface area contributed by atoms with Crippen LogP contribution in [0.3, 0.4) is 0 Å². The first-order valence-corrected chi connectivity index (χ1v) is 5.85. The second-order valence-corrected chi connectivity index (χ2v) is 5.18. The van der Waals surface area contributed by atoms with Crippen LogP contribution in [-0.4, -0.2) is 25.7 Å². The molecule has 0 spiro atoms. The van der Waals surface area contributed by atoms with Crippen LogP contribution >= 0.6 is 0 Å². The SMILES string of the molecule is CC(C)(C)NCc1nnnn1-c1c(F)cccc1F. The number of benzene rings is 1. The highest BCUT2D eigenvalue weighted by atomic mass is 19.1. The van der Waals surface area contributed by atoms with Crippen molar-refractivity contribution in [2.24, 2.45) is 0 Å². The van der Waals surface area contributed by atoms with Gasteiger partial charge >= 0.3 is 0 Å². The number of rotatable bonds is 3. The number of hydrogen-bond donors (Lipinski definition) is 1. The molecule has 0 bridgehead atoms. The maximum Gasteiger partial charge on any atom is 0.170 e. The zero-order valence-corrected chi connectivity index (χ0v) is 11.0. The summed E-state index contributed by atoms with van der Waals surface area (Å²) in [7, 11) is 0. The van der Waals surface area contributed by atoms with E-state index < -0.39 is 11.6 Å². The molecule has 7 heteroatoms. The summed E-state index contributed by atoms with van der Waals surface area (Å²) in [5.41, 5.74) is -0.414. The molecule has 0 saturated carbocycles. The van der Waals surface area contributed by atoms with Gasteiger partial charge in [0.1, 0.15) is 5.69 Å². The van der Waals surface area contributed by atoms with E-state index in [-0.39, 0.29) is 11.2 Å². The largest absolute Gasteiger partial charge is 0.305 e. The van der Waals surface area contributed by atoms with Crippen LogP contribution in [-0.2, 0) is 6.54 Å². The first kappa shape index (κ1) is 13.5. The van der Waals surface area contributed by atoms with Crippen molar-refractivity contribution in [2.45, 2.75) is 32.9 Å². The summed E-state index contributed by atoms with van der Waals surface area (Å²) >= 11 is 0. The minimum atomic E-state index is -0.704. The molecule has 0 aliphatic carbocycles. The van der Waals surface area contributed by atoms with E-state index in [9.17, 15) is 8.78 Å². The molecule has 1 aromatic carbocycles. The molecule has 0 atom stereocenters. The van der Waals surface area contributed by atoms with Crippen LogP contribution in [0.15, 0.2) is 18.2 Å². The average Bonchev–Trinajstić information content (AvgIpc) is 2.73. The number of nitrogens with one attached hydrogen (secondary N) is 1. The van der Waals surface area contributed by atoms with E-state index in [4.69, 9.17) is 0 Å². The molecule has 1 heterocycles. The predicted molar refractivity (Wildman–Crippen MR) is 65.7 cm³/mol. The molecular weight excluding hydrogens is 252 g/mol. The van der Waals surface area contributed by atoms with Gasteiger partial charge in [0.2, 0.25) is 0 Å². The fourth-order valence-corrected chi connectivity index (χ4v) is 1.53. The van der Waals surface area contributed by atoms with Gasteiger partial charge in [-0.15, -0.1) is 5.10 Å². The van der Waals surface area contributed by atoms with Gasteiger partial charge in [-0.2, -0.15) is 4.68 Å². The van der Waals surface area contributed by atoms with Crippen molar-refractivity contribution in [1.29, 1.82) is 0 Å². The second kappa shape index (κ2) is 5.00. The number of halogens is 2. The summed E-state index contributed by atoms with van der Waals surface area (Å²) in [6.45, 7) is 6.24. The van der Waals surface area contributed by atoms with Crippen LogP contribution in [0, 0.1) is 11.6 Å². The maximum absolute atomic E-state index is 13.7. The van der Waals surface area contributed by atoms with Gasteiger partial charge in [0.25, 0.3) is 0 Å². The Labute approximate surface area is 109 Å². The van der Waals surface area contributed by atoms with Crippen LogP contribution in [0.25, 0.3) is 5.69 Å². The van der Waals surface area contributed by atoms with Crippen molar-refractivity contribution in [1.82, 2.24) is 25.5 Å². The molecule has 5 nitrogen and oxygen atoms in total. The van der Waals surface area contributed by atoms with Crippen molar-refractivity contribution < 1.29 is 8.78 Å². The second-order valence-electron chi connectivity index (χ2n) is 5.18. The quantitative estimate of drug-likeness (QED) is 0.921. The van der Waals surface area contributed by atoms with E-state index in [1.165, 1.54) is 18.2 Å². The Hall–Kier alpha value is -1.89. The van der Waals surface area contributed by atoms with E-state index >= 15 is 0 Å². The minimum Gasteiger partial charge on any atom is -0.305 e. The lowest BCUT2D eigenvalue weighted by Gasteiger charge is -2.19. The van der Waals surface area contributed by atoms with E-state index in [1.54, 1.807) is 0 Å². The molecule has 1 aromatic heterocycles. The van der Waals surface area contributed by atoms with Crippen LogP contribution in [0.2, 0.25) is 0 Å². The number of hydrogen-bond acceptors (Lipinski definition) is 4. The molecule has 2 rings (SSSR count). The van der Waals surface area contributed by atoms with Gasteiger partial charge in [-0.1, -0.05) is 6.07 Å². The number of aromatic nitrogens is 4.